The lowest BCUT2D eigenvalue weighted by Gasteiger charge is -2.36. The normalized spacial score (nSPS) is 18.2. The zero-order valence-corrected chi connectivity index (χ0v) is 19.2. The zero-order valence-electron chi connectivity index (χ0n) is 19.2. The highest BCUT2D eigenvalue weighted by atomic mass is 16.5. The molecule has 7 nitrogen and oxygen atoms in total. The summed E-state index contributed by atoms with van der Waals surface area (Å²) in [6.45, 7) is 6.15. The van der Waals surface area contributed by atoms with Crippen LogP contribution < -0.4 is 15.0 Å². The Morgan fingerprint density at radius 1 is 1.09 bits per heavy atom. The molecule has 172 valence electrons. The first-order valence-corrected chi connectivity index (χ1v) is 11.2. The Kier molecular flexibility index (Phi) is 6.49. The lowest BCUT2D eigenvalue weighted by atomic mass is 9.92. The molecule has 2 atom stereocenters. The maximum absolute atomic E-state index is 12.5. The summed E-state index contributed by atoms with van der Waals surface area (Å²) in [7, 11) is 1.60. The molecule has 2 unspecified atom stereocenters. The molecule has 4 rings (SSSR count). The van der Waals surface area contributed by atoms with Crippen molar-refractivity contribution in [3.8, 4) is 5.75 Å². The van der Waals surface area contributed by atoms with Crippen molar-refractivity contribution in [1.82, 2.24) is 4.98 Å². The number of carbonyl (C=O) groups excluding carboxylic acids is 1. The summed E-state index contributed by atoms with van der Waals surface area (Å²) in [6.07, 6.45) is 1.37. The van der Waals surface area contributed by atoms with E-state index in [0.717, 1.165) is 30.8 Å². The van der Waals surface area contributed by atoms with Crippen LogP contribution in [0.3, 0.4) is 0 Å². The number of amides is 1. The van der Waals surface area contributed by atoms with Gasteiger partial charge in [-0.3, -0.25) is 4.79 Å². The Morgan fingerprint density at radius 2 is 1.79 bits per heavy atom. The number of methoxy groups -OCH3 is 1. The van der Waals surface area contributed by atoms with E-state index >= 15 is 0 Å². The average molecular weight is 448 g/mol. The molecule has 0 radical (unpaired) electrons. The molecule has 1 fully saturated rings. The van der Waals surface area contributed by atoms with Crippen molar-refractivity contribution in [1.29, 1.82) is 0 Å². The van der Waals surface area contributed by atoms with E-state index in [-0.39, 0.29) is 17.9 Å². The van der Waals surface area contributed by atoms with Gasteiger partial charge in [0, 0.05) is 24.2 Å². The van der Waals surface area contributed by atoms with E-state index < -0.39 is 5.97 Å². The molecule has 1 amide bonds. The first kappa shape index (κ1) is 22.6. The van der Waals surface area contributed by atoms with Crippen LogP contribution >= 0.6 is 0 Å². The van der Waals surface area contributed by atoms with Gasteiger partial charge in [0.05, 0.1) is 24.6 Å². The van der Waals surface area contributed by atoms with Gasteiger partial charge in [0.1, 0.15) is 11.6 Å². The largest absolute Gasteiger partial charge is 0.497 e. The van der Waals surface area contributed by atoms with Crippen molar-refractivity contribution in [2.45, 2.75) is 26.7 Å². The highest BCUT2D eigenvalue weighted by Crippen LogP contribution is 2.30. The number of piperidine rings is 1. The number of aromatic nitrogens is 1. The van der Waals surface area contributed by atoms with Crippen molar-refractivity contribution in [3.05, 3.63) is 59.7 Å². The predicted octanol–water partition coefficient (Wildman–Crippen LogP) is 4.61. The summed E-state index contributed by atoms with van der Waals surface area (Å²) in [5.41, 5.74) is 2.19. The number of nitrogens with one attached hydrogen (secondary N) is 1. The van der Waals surface area contributed by atoms with Crippen LogP contribution in [0.15, 0.2) is 48.5 Å². The molecule has 1 aromatic heterocycles. The van der Waals surface area contributed by atoms with Crippen LogP contribution in [0.4, 0.5) is 11.5 Å². The molecule has 2 aromatic carbocycles. The van der Waals surface area contributed by atoms with E-state index in [4.69, 9.17) is 9.72 Å². The summed E-state index contributed by atoms with van der Waals surface area (Å²) in [5.74, 6) is 1.29. The van der Waals surface area contributed by atoms with E-state index in [1.54, 1.807) is 31.4 Å². The van der Waals surface area contributed by atoms with Gasteiger partial charge in [0.25, 0.3) is 0 Å². The second-order valence-corrected chi connectivity index (χ2v) is 8.99. The fourth-order valence-electron chi connectivity index (χ4n) is 4.61. The molecule has 7 heteroatoms. The number of anilines is 2. The van der Waals surface area contributed by atoms with Crippen molar-refractivity contribution in [2.24, 2.45) is 11.8 Å². The van der Waals surface area contributed by atoms with Gasteiger partial charge in [-0.05, 0) is 60.2 Å². The van der Waals surface area contributed by atoms with Crippen molar-refractivity contribution in [2.75, 3.05) is 30.4 Å². The number of carboxylic acids is 1. The number of carbonyl (C=O) groups is 2. The number of nitrogens with zero attached hydrogens (tertiary/aromatic N) is 2. The Hall–Kier alpha value is -3.61. The topological polar surface area (TPSA) is 91.8 Å². The number of hydrogen-bond acceptors (Lipinski definition) is 5. The Balaban J connectivity index is 1.57. The lowest BCUT2D eigenvalue weighted by Crippen LogP contribution is -2.39. The standard InChI is InChI=1S/C26H29N3O4/c1-16-10-17(2)15-29(14-16)24-13-22(26(31)32)21-12-19(6-9-23(21)28-24)27-25(30)11-18-4-7-20(33-3)8-5-18/h4-9,12-13,16-17H,10-11,14-15H2,1-3H3,(H,27,30)(H,31,32). The predicted molar refractivity (Wildman–Crippen MR) is 129 cm³/mol. The average Bonchev–Trinajstić information content (AvgIpc) is 2.78. The smallest absolute Gasteiger partial charge is 0.336 e. The van der Waals surface area contributed by atoms with Gasteiger partial charge in [-0.1, -0.05) is 26.0 Å². The number of pyridine rings is 1. The third kappa shape index (κ3) is 5.25. The van der Waals surface area contributed by atoms with E-state index in [2.05, 4.69) is 24.1 Å². The maximum Gasteiger partial charge on any atom is 0.336 e. The second kappa shape index (κ2) is 9.48. The van der Waals surface area contributed by atoms with Crippen LogP contribution in [0.25, 0.3) is 10.9 Å². The van der Waals surface area contributed by atoms with Gasteiger partial charge in [-0.25, -0.2) is 9.78 Å². The van der Waals surface area contributed by atoms with E-state index in [0.29, 0.717) is 34.2 Å². The van der Waals surface area contributed by atoms with Crippen molar-refractivity contribution in [3.63, 3.8) is 0 Å². The van der Waals surface area contributed by atoms with E-state index in [1.807, 2.05) is 24.3 Å². The van der Waals surface area contributed by atoms with Crippen LogP contribution in [0.1, 0.15) is 36.2 Å². The highest BCUT2D eigenvalue weighted by molar-refractivity contribution is 6.05. The molecular weight excluding hydrogens is 418 g/mol. The number of carboxylic acid groups (broad SMARTS) is 1. The van der Waals surface area contributed by atoms with Crippen LogP contribution in [0.2, 0.25) is 0 Å². The van der Waals surface area contributed by atoms with Crippen molar-refractivity contribution < 1.29 is 19.4 Å². The molecular formula is C26H29N3O4. The number of benzene rings is 2. The number of hydrogen-bond donors (Lipinski definition) is 2. The van der Waals surface area contributed by atoms with Crippen LogP contribution in [0.5, 0.6) is 5.75 Å². The first-order chi connectivity index (χ1) is 15.8. The summed E-state index contributed by atoms with van der Waals surface area (Å²) in [5, 5.41) is 13.2. The van der Waals surface area contributed by atoms with Gasteiger partial charge < -0.3 is 20.1 Å². The Bertz CT molecular complexity index is 1170. The van der Waals surface area contributed by atoms with Gasteiger partial charge in [0.2, 0.25) is 5.91 Å². The second-order valence-electron chi connectivity index (χ2n) is 8.99. The molecule has 2 heterocycles. The Morgan fingerprint density at radius 3 is 2.42 bits per heavy atom. The number of ether oxygens (including phenoxy) is 1. The fourth-order valence-corrected chi connectivity index (χ4v) is 4.61. The highest BCUT2D eigenvalue weighted by Gasteiger charge is 2.24. The summed E-state index contributed by atoms with van der Waals surface area (Å²) in [4.78, 5) is 31.5. The van der Waals surface area contributed by atoms with Gasteiger partial charge >= 0.3 is 5.97 Å². The third-order valence-electron chi connectivity index (χ3n) is 6.03. The molecule has 0 spiro atoms. The monoisotopic (exact) mass is 447 g/mol. The van der Waals surface area contributed by atoms with Crippen LogP contribution in [-0.4, -0.2) is 42.2 Å². The first-order valence-electron chi connectivity index (χ1n) is 11.2. The van der Waals surface area contributed by atoms with Gasteiger partial charge in [-0.2, -0.15) is 0 Å². The SMILES string of the molecule is COc1ccc(CC(=O)Nc2ccc3nc(N4CC(C)CC(C)C4)cc(C(=O)O)c3c2)cc1. The molecule has 33 heavy (non-hydrogen) atoms. The summed E-state index contributed by atoms with van der Waals surface area (Å²) < 4.78 is 5.14. The van der Waals surface area contributed by atoms with E-state index in [1.165, 1.54) is 0 Å². The minimum atomic E-state index is -1.01. The third-order valence-corrected chi connectivity index (χ3v) is 6.03. The lowest BCUT2D eigenvalue weighted by molar-refractivity contribution is -0.115. The molecule has 3 aromatic rings. The molecule has 0 aliphatic carbocycles. The molecule has 1 saturated heterocycles. The van der Waals surface area contributed by atoms with Crippen LogP contribution in [-0.2, 0) is 11.2 Å². The number of fused-ring (bicyclic) bond motifs is 1. The van der Waals surface area contributed by atoms with Gasteiger partial charge in [0.15, 0.2) is 0 Å². The molecule has 0 bridgehead atoms. The molecule has 1 aliphatic rings. The fraction of sp³-hybridized carbons (Fsp3) is 0.346. The summed E-state index contributed by atoms with van der Waals surface area (Å²) >= 11 is 0. The van der Waals surface area contributed by atoms with Crippen LogP contribution in [0, 0.1) is 11.8 Å². The van der Waals surface area contributed by atoms with Gasteiger partial charge in [-0.15, -0.1) is 0 Å². The van der Waals surface area contributed by atoms with Crippen molar-refractivity contribution >= 4 is 34.3 Å². The minimum Gasteiger partial charge on any atom is -0.497 e. The number of aromatic carboxylic acids is 1. The molecule has 1 aliphatic heterocycles. The summed E-state index contributed by atoms with van der Waals surface area (Å²) in [6, 6.07) is 14.2. The molecule has 0 saturated carbocycles. The number of rotatable bonds is 6. The minimum absolute atomic E-state index is 0.183. The molecule has 2 N–H and O–H groups in total. The quantitative estimate of drug-likeness (QED) is 0.574. The van der Waals surface area contributed by atoms with E-state index in [9.17, 15) is 14.7 Å². The Labute approximate surface area is 193 Å². The maximum atomic E-state index is 12.5. The zero-order chi connectivity index (χ0) is 23.5.